The van der Waals surface area contributed by atoms with E-state index in [0.29, 0.717) is 48.9 Å². The molecule has 0 aliphatic carbocycles. The number of hydrogen-bond donors (Lipinski definition) is 1. The van der Waals surface area contributed by atoms with Crippen LogP contribution >= 0.6 is 0 Å². The van der Waals surface area contributed by atoms with Crippen LogP contribution in [0.2, 0.25) is 0 Å². The van der Waals surface area contributed by atoms with Crippen LogP contribution in [0, 0.1) is 13.8 Å². The third-order valence-electron chi connectivity index (χ3n) is 4.67. The van der Waals surface area contributed by atoms with Gasteiger partial charge in [0, 0.05) is 25.0 Å². The Morgan fingerprint density at radius 2 is 1.93 bits per heavy atom. The van der Waals surface area contributed by atoms with Gasteiger partial charge in [-0.15, -0.1) is 0 Å². The molecule has 0 unspecified atom stereocenters. The van der Waals surface area contributed by atoms with Crippen molar-refractivity contribution in [3.63, 3.8) is 0 Å². The van der Waals surface area contributed by atoms with Gasteiger partial charge in [-0.3, -0.25) is 4.79 Å². The molecule has 2 heterocycles. The number of hydrogen-bond acceptors (Lipinski definition) is 6. The van der Waals surface area contributed by atoms with Crippen molar-refractivity contribution in [1.29, 1.82) is 0 Å². The Kier molecular flexibility index (Phi) is 5.71. The number of carbonyl (C=O) groups excluding carboxylic acids is 2. The summed E-state index contributed by atoms with van der Waals surface area (Å²) in [5.41, 5.74) is 3.19. The summed E-state index contributed by atoms with van der Waals surface area (Å²) < 4.78 is 10.2. The van der Waals surface area contributed by atoms with Gasteiger partial charge < -0.3 is 19.7 Å². The lowest BCUT2D eigenvalue weighted by Gasteiger charge is -2.29. The molecular weight excluding hydrogens is 346 g/mol. The second-order valence-electron chi connectivity index (χ2n) is 6.39. The third kappa shape index (κ3) is 4.09. The average molecular weight is 369 g/mol. The molecule has 0 bridgehead atoms. The van der Waals surface area contributed by atoms with Crippen molar-refractivity contribution in [1.82, 2.24) is 4.98 Å². The van der Waals surface area contributed by atoms with E-state index in [4.69, 9.17) is 9.47 Å². The van der Waals surface area contributed by atoms with Gasteiger partial charge in [-0.05, 0) is 49.2 Å². The highest BCUT2D eigenvalue weighted by atomic mass is 16.5. The predicted molar refractivity (Wildman–Crippen MR) is 102 cm³/mol. The number of aromatic nitrogens is 1. The first-order valence-corrected chi connectivity index (χ1v) is 8.80. The van der Waals surface area contributed by atoms with Gasteiger partial charge in [0.15, 0.2) is 0 Å². The molecule has 1 aromatic carbocycles. The Balaban J connectivity index is 1.88. The lowest BCUT2D eigenvalue weighted by molar-refractivity contribution is 0.0599. The lowest BCUT2D eigenvalue weighted by Crippen LogP contribution is -2.38. The highest BCUT2D eigenvalue weighted by Crippen LogP contribution is 2.23. The molecule has 1 fully saturated rings. The monoisotopic (exact) mass is 369 g/mol. The van der Waals surface area contributed by atoms with Crippen molar-refractivity contribution in [3.8, 4) is 0 Å². The van der Waals surface area contributed by atoms with Crippen LogP contribution in [0.15, 0.2) is 30.5 Å². The zero-order valence-corrected chi connectivity index (χ0v) is 15.7. The minimum absolute atomic E-state index is 0.274. The SMILES string of the molecule is COC(=O)c1cc(NC(=O)c2cccnc2N2CCOCC2)cc(C)c1C. The molecule has 0 radical (unpaired) electrons. The molecular formula is C20H23N3O4. The molecule has 27 heavy (non-hydrogen) atoms. The molecule has 7 nitrogen and oxygen atoms in total. The van der Waals surface area contributed by atoms with Gasteiger partial charge in [0.2, 0.25) is 0 Å². The zero-order chi connectivity index (χ0) is 19.4. The van der Waals surface area contributed by atoms with Gasteiger partial charge in [-0.25, -0.2) is 9.78 Å². The van der Waals surface area contributed by atoms with Gasteiger partial charge >= 0.3 is 5.97 Å². The smallest absolute Gasteiger partial charge is 0.338 e. The molecule has 0 spiro atoms. The van der Waals surface area contributed by atoms with E-state index in [0.717, 1.165) is 11.1 Å². The topological polar surface area (TPSA) is 80.8 Å². The van der Waals surface area contributed by atoms with E-state index in [1.54, 1.807) is 24.4 Å². The summed E-state index contributed by atoms with van der Waals surface area (Å²) in [5.74, 6) is -0.0685. The van der Waals surface area contributed by atoms with Crippen LogP contribution in [0.5, 0.6) is 0 Å². The number of nitrogens with zero attached hydrogens (tertiary/aromatic N) is 2. The van der Waals surface area contributed by atoms with Crippen molar-refractivity contribution in [2.45, 2.75) is 13.8 Å². The number of rotatable bonds is 4. The van der Waals surface area contributed by atoms with Crippen molar-refractivity contribution < 1.29 is 19.1 Å². The molecule has 142 valence electrons. The van der Waals surface area contributed by atoms with Crippen LogP contribution in [-0.4, -0.2) is 50.3 Å². The number of pyridine rings is 1. The minimum Gasteiger partial charge on any atom is -0.465 e. The molecule has 1 aliphatic heterocycles. The number of ether oxygens (including phenoxy) is 2. The first kappa shape index (κ1) is 18.8. The van der Waals surface area contributed by atoms with Gasteiger partial charge in [0.05, 0.1) is 31.5 Å². The Morgan fingerprint density at radius 3 is 2.63 bits per heavy atom. The summed E-state index contributed by atoms with van der Waals surface area (Å²) in [5, 5.41) is 2.88. The zero-order valence-electron chi connectivity index (χ0n) is 15.7. The van der Waals surface area contributed by atoms with Crippen LogP contribution in [0.1, 0.15) is 31.8 Å². The molecule has 1 N–H and O–H groups in total. The fourth-order valence-electron chi connectivity index (χ4n) is 3.05. The predicted octanol–water partition coefficient (Wildman–Crippen LogP) is 2.57. The standard InChI is InChI=1S/C20H23N3O4/c1-13-11-15(12-17(14(13)2)20(25)26-3)22-19(24)16-5-4-6-21-18(16)23-7-9-27-10-8-23/h4-6,11-12H,7-10H2,1-3H3,(H,22,24). The summed E-state index contributed by atoms with van der Waals surface area (Å²) in [7, 11) is 1.34. The van der Waals surface area contributed by atoms with Crippen molar-refractivity contribution in [2.75, 3.05) is 43.6 Å². The van der Waals surface area contributed by atoms with Gasteiger partial charge in [0.25, 0.3) is 5.91 Å². The third-order valence-corrected chi connectivity index (χ3v) is 4.67. The van der Waals surface area contributed by atoms with Crippen LogP contribution in [-0.2, 0) is 9.47 Å². The van der Waals surface area contributed by atoms with Crippen LogP contribution < -0.4 is 10.2 Å². The summed E-state index contributed by atoms with van der Waals surface area (Å²) in [4.78, 5) is 31.3. The number of esters is 1. The second kappa shape index (κ2) is 8.18. The number of carbonyl (C=O) groups is 2. The van der Waals surface area contributed by atoms with E-state index in [9.17, 15) is 9.59 Å². The Bertz CT molecular complexity index is 860. The van der Waals surface area contributed by atoms with E-state index in [-0.39, 0.29) is 5.91 Å². The fourth-order valence-corrected chi connectivity index (χ4v) is 3.05. The second-order valence-corrected chi connectivity index (χ2v) is 6.39. The van der Waals surface area contributed by atoms with Crippen molar-refractivity contribution >= 4 is 23.4 Å². The maximum Gasteiger partial charge on any atom is 0.338 e. The minimum atomic E-state index is -0.429. The number of morpholine rings is 1. The normalized spacial score (nSPS) is 14.0. The molecule has 2 aromatic rings. The maximum absolute atomic E-state index is 12.9. The Labute approximate surface area is 158 Å². The van der Waals surface area contributed by atoms with Crippen molar-refractivity contribution in [2.24, 2.45) is 0 Å². The number of benzene rings is 1. The first-order valence-electron chi connectivity index (χ1n) is 8.80. The van der Waals surface area contributed by atoms with Gasteiger partial charge in [-0.2, -0.15) is 0 Å². The highest BCUT2D eigenvalue weighted by molar-refractivity contribution is 6.08. The quantitative estimate of drug-likeness (QED) is 0.835. The number of amides is 1. The Morgan fingerprint density at radius 1 is 1.19 bits per heavy atom. The van der Waals surface area contributed by atoms with E-state index < -0.39 is 5.97 Å². The molecule has 3 rings (SSSR count). The molecule has 1 saturated heterocycles. The lowest BCUT2D eigenvalue weighted by atomic mass is 10.0. The molecule has 1 aliphatic rings. The van der Waals surface area contributed by atoms with Gasteiger partial charge in [-0.1, -0.05) is 0 Å². The van der Waals surface area contributed by atoms with Crippen LogP contribution in [0.25, 0.3) is 0 Å². The molecule has 1 aromatic heterocycles. The number of aryl methyl sites for hydroxylation is 1. The Hall–Kier alpha value is -2.93. The van der Waals surface area contributed by atoms with E-state index in [1.165, 1.54) is 7.11 Å². The number of nitrogens with one attached hydrogen (secondary N) is 1. The summed E-state index contributed by atoms with van der Waals surface area (Å²) >= 11 is 0. The summed E-state index contributed by atoms with van der Waals surface area (Å²) in [6.45, 7) is 6.33. The maximum atomic E-state index is 12.9. The summed E-state index contributed by atoms with van der Waals surface area (Å²) in [6.07, 6.45) is 1.67. The first-order chi connectivity index (χ1) is 13.0. The van der Waals surface area contributed by atoms with Crippen molar-refractivity contribution in [3.05, 3.63) is 52.7 Å². The van der Waals surface area contributed by atoms with E-state index in [2.05, 4.69) is 10.3 Å². The fraction of sp³-hybridized carbons (Fsp3) is 0.350. The number of anilines is 2. The molecule has 1 amide bonds. The molecule has 7 heteroatoms. The number of methoxy groups -OCH3 is 1. The molecule has 0 atom stereocenters. The molecule has 0 saturated carbocycles. The van der Waals surface area contributed by atoms with Gasteiger partial charge in [0.1, 0.15) is 5.82 Å². The summed E-state index contributed by atoms with van der Waals surface area (Å²) in [6, 6.07) is 6.95. The van der Waals surface area contributed by atoms with E-state index >= 15 is 0 Å². The van der Waals surface area contributed by atoms with Crippen LogP contribution in [0.4, 0.5) is 11.5 Å². The van der Waals surface area contributed by atoms with E-state index in [1.807, 2.05) is 24.8 Å². The van der Waals surface area contributed by atoms with Crippen LogP contribution in [0.3, 0.4) is 0 Å². The largest absolute Gasteiger partial charge is 0.465 e. The average Bonchev–Trinajstić information content (AvgIpc) is 2.70. The highest BCUT2D eigenvalue weighted by Gasteiger charge is 2.21.